The molecule has 12 aromatic rings. The molecule has 6 heterocycles. The second-order valence-corrected chi connectivity index (χ2v) is 33.3. The van der Waals surface area contributed by atoms with Crippen LogP contribution in [0, 0.1) is 51.3 Å². The van der Waals surface area contributed by atoms with Gasteiger partial charge in [0, 0.05) is 71.6 Å². The van der Waals surface area contributed by atoms with Crippen LogP contribution in [0.25, 0.3) is 30.3 Å². The Labute approximate surface area is 649 Å². The predicted octanol–water partition coefficient (Wildman–Crippen LogP) is 22.7. The van der Waals surface area contributed by atoms with Gasteiger partial charge in [0.05, 0.1) is 0 Å². The van der Waals surface area contributed by atoms with Crippen molar-refractivity contribution in [3.05, 3.63) is 263 Å². The molecule has 558 valence electrons. The zero-order valence-corrected chi connectivity index (χ0v) is 65.6. The third kappa shape index (κ3) is 19.1. The molecule has 17 heteroatoms. The van der Waals surface area contributed by atoms with E-state index in [1.54, 1.807) is 67.6 Å². The average molecular weight is 1520 g/mol. The summed E-state index contributed by atoms with van der Waals surface area (Å²) < 4.78 is 35.0. The number of ketones is 3. The zero-order valence-electron chi connectivity index (χ0n) is 62.4. The molecule has 3 fully saturated rings. The first-order valence-corrected chi connectivity index (χ1v) is 40.4. The third-order valence-corrected chi connectivity index (χ3v) is 24.4. The van der Waals surface area contributed by atoms with Crippen LogP contribution in [0.4, 0.5) is 4.39 Å². The number of hydrogen-bond acceptors (Lipinski definition) is 15. The Morgan fingerprint density at radius 2 is 0.769 bits per heavy atom. The van der Waals surface area contributed by atoms with Crippen molar-refractivity contribution in [2.45, 2.75) is 106 Å². The normalized spacial score (nSPS) is 16.0. The van der Waals surface area contributed by atoms with Gasteiger partial charge in [0.25, 0.3) is 0 Å². The maximum absolute atomic E-state index is 13.6. The van der Waals surface area contributed by atoms with E-state index in [1.165, 1.54) is 127 Å². The number of phenols is 3. The summed E-state index contributed by atoms with van der Waals surface area (Å²) in [4.78, 5) is 49.8. The van der Waals surface area contributed by atoms with Crippen molar-refractivity contribution in [3.8, 4) is 51.7 Å². The SMILES string of the molecule is Cc1cc(F)ccc1C(=O)c1sc2cc(O)ccc2c1Oc1ccc(CCCN2CC[C@H](C)C2)cc1.Cc1ccc(C(=O)c2sc3cc(O)ccc3c2Oc2ccc(CCCN3CC[C@H](C)C3)cc2)c(C)c1.Cc1ccc(Cl)cc1C(=O)c1sc2cc(O)ccc2c1Oc1ccc(CCCN2CC[C@H](C)C2)cc1. The number of benzene rings is 9. The average Bonchev–Trinajstić information content (AvgIpc) is 1.63. The number of likely N-dealkylation sites (tertiary alicyclic amines) is 3. The van der Waals surface area contributed by atoms with Gasteiger partial charge in [-0.15, -0.1) is 34.0 Å². The van der Waals surface area contributed by atoms with Crippen LogP contribution in [0.1, 0.15) is 144 Å². The van der Waals surface area contributed by atoms with Gasteiger partial charge in [0.2, 0.25) is 17.3 Å². The Kier molecular flexibility index (Phi) is 24.9. The summed E-state index contributed by atoms with van der Waals surface area (Å²) in [5, 5.41) is 32.9. The number of hydrogen-bond donors (Lipinski definition) is 3. The van der Waals surface area contributed by atoms with Gasteiger partial charge in [-0.25, -0.2) is 4.39 Å². The van der Waals surface area contributed by atoms with Crippen LogP contribution in [0.5, 0.6) is 51.7 Å². The minimum Gasteiger partial charge on any atom is -0.508 e. The van der Waals surface area contributed by atoms with Crippen LogP contribution in [0.2, 0.25) is 5.02 Å². The summed E-state index contributed by atoms with van der Waals surface area (Å²) in [6, 6.07) is 54.9. The van der Waals surface area contributed by atoms with E-state index < -0.39 is 0 Å². The quantitative estimate of drug-likeness (QED) is 0.0494. The van der Waals surface area contributed by atoms with Gasteiger partial charge >= 0.3 is 0 Å². The molecule has 0 amide bonds. The fourth-order valence-electron chi connectivity index (χ4n) is 14.8. The second-order valence-electron chi connectivity index (χ2n) is 29.7. The molecular weight excluding hydrogens is 1430 g/mol. The predicted molar refractivity (Wildman–Crippen MR) is 439 cm³/mol. The number of thiophene rings is 3. The fourth-order valence-corrected chi connectivity index (χ4v) is 18.4. The number of nitrogens with zero attached hydrogens (tertiary/aromatic N) is 3. The van der Waals surface area contributed by atoms with E-state index in [1.807, 2.05) is 87.5 Å². The Morgan fingerprint density at radius 3 is 1.11 bits per heavy atom. The summed E-state index contributed by atoms with van der Waals surface area (Å²) in [7, 11) is 0. The van der Waals surface area contributed by atoms with E-state index in [4.69, 9.17) is 25.8 Å². The Morgan fingerprint density at radius 1 is 0.417 bits per heavy atom. The Hall–Kier alpha value is -9.23. The van der Waals surface area contributed by atoms with Crippen molar-refractivity contribution in [1.29, 1.82) is 0 Å². The molecular formula is C91H93ClFN3O9S3. The Balaban J connectivity index is 0.000000143. The summed E-state index contributed by atoms with van der Waals surface area (Å²) in [6.07, 6.45) is 10.4. The summed E-state index contributed by atoms with van der Waals surface area (Å²) in [5.74, 6) is 5.64. The molecule has 3 atom stereocenters. The highest BCUT2D eigenvalue weighted by molar-refractivity contribution is 7.22. The molecule has 0 radical (unpaired) electrons. The van der Waals surface area contributed by atoms with Crippen LogP contribution < -0.4 is 14.2 Å². The first-order chi connectivity index (χ1) is 52.1. The van der Waals surface area contributed by atoms with Crippen LogP contribution in [0.3, 0.4) is 0 Å². The number of ether oxygens (including phenoxy) is 3. The minimum atomic E-state index is -0.378. The first kappa shape index (κ1) is 76.9. The molecule has 3 saturated heterocycles. The van der Waals surface area contributed by atoms with Crippen molar-refractivity contribution in [1.82, 2.24) is 14.7 Å². The number of carbonyl (C=O) groups is 3. The molecule has 15 rings (SSSR count). The van der Waals surface area contributed by atoms with Gasteiger partial charge in [-0.3, -0.25) is 14.4 Å². The molecule has 3 N–H and O–H groups in total. The van der Waals surface area contributed by atoms with E-state index >= 15 is 0 Å². The van der Waals surface area contributed by atoms with E-state index in [-0.39, 0.29) is 40.4 Å². The van der Waals surface area contributed by atoms with Crippen molar-refractivity contribution < 1.29 is 48.3 Å². The summed E-state index contributed by atoms with van der Waals surface area (Å²) in [6.45, 7) is 25.3. The smallest absolute Gasteiger partial charge is 0.207 e. The highest BCUT2D eigenvalue weighted by atomic mass is 35.5. The van der Waals surface area contributed by atoms with Gasteiger partial charge in [0.1, 0.15) is 54.9 Å². The molecule has 3 aromatic heterocycles. The van der Waals surface area contributed by atoms with E-state index in [9.17, 15) is 34.1 Å². The van der Waals surface area contributed by atoms with Gasteiger partial charge in [-0.2, -0.15) is 0 Å². The topological polar surface area (TPSA) is 149 Å². The molecule has 3 aliphatic heterocycles. The molecule has 3 aliphatic rings. The van der Waals surface area contributed by atoms with Crippen molar-refractivity contribution in [3.63, 3.8) is 0 Å². The molecule has 9 aromatic carbocycles. The number of rotatable bonds is 24. The number of fused-ring (bicyclic) bond motifs is 3. The molecule has 0 bridgehead atoms. The monoisotopic (exact) mass is 1520 g/mol. The summed E-state index contributed by atoms with van der Waals surface area (Å²) >= 11 is 10.1. The molecule has 108 heavy (non-hydrogen) atoms. The van der Waals surface area contributed by atoms with Gasteiger partial charge < -0.3 is 44.2 Å². The van der Waals surface area contributed by atoms with Crippen LogP contribution in [-0.4, -0.2) is 106 Å². The number of aryl methyl sites for hydroxylation is 7. The lowest BCUT2D eigenvalue weighted by molar-refractivity contribution is 0.103. The number of aromatic hydroxyl groups is 3. The fraction of sp³-hybridized carbons (Fsp3) is 0.308. The van der Waals surface area contributed by atoms with Crippen LogP contribution in [-0.2, 0) is 19.3 Å². The number of phenolic OH excluding ortho intramolecular Hbond substituents is 3. The molecule has 12 nitrogen and oxygen atoms in total. The standard InChI is InChI=1S/C31H33NO3S.C30H30ClNO3S.C30H30FNO3S/c1-20-6-12-26(22(3)17-20)29(34)31-30(27-13-9-24(33)18-28(27)36-31)35-25-10-7-23(8-11-25)5-4-15-32-16-14-21(2)19-32;1-19-13-15-32(18-19)14-3-4-21-6-10-24(11-7-21)35-29-25-12-9-23(33)17-27(25)36-30(29)28(34)26-16-22(31)8-5-20(26)2;1-19-13-15-32(18-19)14-3-4-21-5-9-24(10-6-21)35-29-26-12-8-23(33)17-27(26)36-30(29)28(34)25-11-7-22(31)16-20(25)2/h6-13,17-18,21,33H,4-5,14-16,19H2,1-3H3;2*5-12,16-17,19,33H,3-4,13-15,18H2,1-2H3/t21-;2*19-/m000/s1. The summed E-state index contributed by atoms with van der Waals surface area (Å²) in [5.41, 5.74) is 8.96. The maximum atomic E-state index is 13.6. The largest absolute Gasteiger partial charge is 0.508 e. The second kappa shape index (κ2) is 35.0. The minimum absolute atomic E-state index is 0.0592. The van der Waals surface area contributed by atoms with Gasteiger partial charge in [0.15, 0.2) is 17.2 Å². The Bertz CT molecular complexity index is 4990. The number of carbonyl (C=O) groups excluding carboxylic acids is 3. The molecule has 0 unspecified atom stereocenters. The van der Waals surface area contributed by atoms with Crippen LogP contribution >= 0.6 is 45.6 Å². The third-order valence-electron chi connectivity index (χ3n) is 20.8. The van der Waals surface area contributed by atoms with Gasteiger partial charge in [-0.05, 0) is 297 Å². The van der Waals surface area contributed by atoms with Crippen molar-refractivity contribution in [2.24, 2.45) is 17.8 Å². The highest BCUT2D eigenvalue weighted by Crippen LogP contribution is 2.47. The first-order valence-electron chi connectivity index (χ1n) is 37.6. The van der Waals surface area contributed by atoms with E-state index in [2.05, 4.69) is 71.9 Å². The maximum Gasteiger partial charge on any atom is 0.207 e. The molecule has 0 saturated carbocycles. The van der Waals surface area contributed by atoms with Crippen molar-refractivity contribution >= 4 is 93.2 Å². The van der Waals surface area contributed by atoms with Gasteiger partial charge in [-0.1, -0.05) is 98.6 Å². The lowest BCUT2D eigenvalue weighted by Gasteiger charge is -2.15. The lowest BCUT2D eigenvalue weighted by atomic mass is 10.0. The lowest BCUT2D eigenvalue weighted by Crippen LogP contribution is -2.21. The van der Waals surface area contributed by atoms with Crippen molar-refractivity contribution in [2.75, 3.05) is 58.9 Å². The van der Waals surface area contributed by atoms with Crippen LogP contribution in [0.15, 0.2) is 182 Å². The number of halogens is 2. The molecule has 0 aliphatic carbocycles. The highest BCUT2D eigenvalue weighted by Gasteiger charge is 2.29. The zero-order chi connectivity index (χ0) is 75.7. The van der Waals surface area contributed by atoms with E-state index in [0.717, 1.165) is 123 Å². The molecule has 0 spiro atoms. The van der Waals surface area contributed by atoms with E-state index in [0.29, 0.717) is 76.4 Å².